The molecule has 0 aliphatic rings. The van der Waals surface area contributed by atoms with E-state index in [9.17, 15) is 0 Å². The predicted molar refractivity (Wildman–Crippen MR) is 40.2 cm³/mol. The summed E-state index contributed by atoms with van der Waals surface area (Å²) >= 11 is 4.28. The first-order valence-corrected chi connectivity index (χ1v) is 1.67. The van der Waals surface area contributed by atoms with Gasteiger partial charge in [-0.1, -0.05) is 0 Å². The van der Waals surface area contributed by atoms with E-state index in [0.717, 1.165) is 0 Å². The maximum Gasteiger partial charge on any atom is 0.301 e. The van der Waals surface area contributed by atoms with Crippen LogP contribution >= 0.6 is 36.2 Å². The largest absolute Gasteiger partial charge is 0.472 e. The molecule has 7 heavy (non-hydrogen) atoms. The molecule has 0 heterocycles. The van der Waals surface area contributed by atoms with Crippen LogP contribution in [0.3, 0.4) is 0 Å². The second kappa shape index (κ2) is 6.22. The van der Waals surface area contributed by atoms with Gasteiger partial charge in [0, 0.05) is 0 Å². The summed E-state index contributed by atoms with van der Waals surface area (Å²) in [6, 6.07) is 0. The molecule has 0 aromatic rings. The third kappa shape index (κ3) is 6.22. The highest BCUT2D eigenvalue weighted by molar-refractivity contribution is 14.0. The lowest BCUT2D eigenvalue weighted by molar-refractivity contribution is 0.405. The molecular formula is C2H5IN2OS. The number of thiocarbonyl (C=S) groups is 1. The van der Waals surface area contributed by atoms with Crippen molar-refractivity contribution in [3.05, 3.63) is 0 Å². The fourth-order valence-corrected chi connectivity index (χ4v) is 0.0456. The summed E-state index contributed by atoms with van der Waals surface area (Å²) in [5.74, 6) is 0. The molecule has 3 nitrogen and oxygen atoms in total. The summed E-state index contributed by atoms with van der Waals surface area (Å²) in [4.78, 5) is 0. The van der Waals surface area contributed by atoms with Gasteiger partial charge in [0.25, 0.3) is 0 Å². The van der Waals surface area contributed by atoms with Crippen molar-refractivity contribution in [1.29, 1.82) is 5.53 Å². The molecule has 0 bridgehead atoms. The Kier molecular flexibility index (Phi) is 9.11. The predicted octanol–water partition coefficient (Wildman–Crippen LogP) is 1.57. The van der Waals surface area contributed by atoms with Gasteiger partial charge < -0.3 is 4.74 Å². The lowest BCUT2D eigenvalue weighted by Crippen LogP contribution is -1.87. The highest BCUT2D eigenvalue weighted by Crippen LogP contribution is 1.75. The van der Waals surface area contributed by atoms with Crippen LogP contribution in [0.15, 0.2) is 5.11 Å². The lowest BCUT2D eigenvalue weighted by atomic mass is 11.3. The molecule has 0 fully saturated rings. The van der Waals surface area contributed by atoms with Crippen molar-refractivity contribution in [2.75, 3.05) is 7.11 Å². The zero-order valence-corrected chi connectivity index (χ0v) is 6.82. The Labute approximate surface area is 64.0 Å². The van der Waals surface area contributed by atoms with Gasteiger partial charge in [-0.3, -0.25) is 0 Å². The van der Waals surface area contributed by atoms with Crippen molar-refractivity contribution in [2.45, 2.75) is 0 Å². The van der Waals surface area contributed by atoms with Gasteiger partial charge in [0.2, 0.25) is 0 Å². The Bertz CT molecular complexity index is 76.1. The summed E-state index contributed by atoms with van der Waals surface area (Å²) in [6.07, 6.45) is 0. The number of halogens is 1. The molecule has 0 saturated carbocycles. The van der Waals surface area contributed by atoms with E-state index in [1.54, 1.807) is 0 Å². The fraction of sp³-hybridized carbons (Fsp3) is 0.500. The smallest absolute Gasteiger partial charge is 0.301 e. The number of methoxy groups -OCH3 is 1. The Hall–Kier alpha value is 0.220. The molecule has 42 valence electrons. The van der Waals surface area contributed by atoms with Crippen LogP contribution in [-0.4, -0.2) is 12.3 Å². The highest BCUT2D eigenvalue weighted by Gasteiger charge is 1.79. The molecule has 5 heteroatoms. The number of hydrogen-bond donors (Lipinski definition) is 1. The third-order valence-corrected chi connectivity index (χ3v) is 0.524. The van der Waals surface area contributed by atoms with Crippen molar-refractivity contribution in [3.63, 3.8) is 0 Å². The molecule has 0 amide bonds. The van der Waals surface area contributed by atoms with Gasteiger partial charge in [0.05, 0.1) is 7.11 Å². The number of nitrogens with zero attached hydrogens (tertiary/aromatic N) is 1. The van der Waals surface area contributed by atoms with Crippen LogP contribution in [0.5, 0.6) is 0 Å². The minimum atomic E-state index is -0.0324. The van der Waals surface area contributed by atoms with Gasteiger partial charge in [-0.15, -0.1) is 29.1 Å². The molecule has 0 spiro atoms. The first kappa shape index (κ1) is 10.3. The van der Waals surface area contributed by atoms with Crippen LogP contribution < -0.4 is 0 Å². The SMILES string of the molecule is COC(=S)N=N.I. The summed E-state index contributed by atoms with van der Waals surface area (Å²) in [5.41, 5.74) is 6.17. The molecule has 0 unspecified atom stereocenters. The molecule has 1 N–H and O–H groups in total. The zero-order valence-electron chi connectivity index (χ0n) is 3.67. The molecule has 0 radical (unpaired) electrons. The van der Waals surface area contributed by atoms with E-state index in [1.807, 2.05) is 0 Å². The number of rotatable bonds is 0. The van der Waals surface area contributed by atoms with Crippen LogP contribution in [-0.2, 0) is 4.74 Å². The number of nitrogens with one attached hydrogen (secondary N) is 1. The molecule has 0 aromatic carbocycles. The normalized spacial score (nSPS) is 5.86. The standard InChI is InChI=1S/C2H4N2OS.HI/c1-5-2(6)4-3;/h3H,1H3;1H. The summed E-state index contributed by atoms with van der Waals surface area (Å²) in [7, 11) is 1.38. The second-order valence-electron chi connectivity index (χ2n) is 0.582. The minimum absolute atomic E-state index is 0. The topological polar surface area (TPSA) is 45.4 Å². The lowest BCUT2D eigenvalue weighted by Gasteiger charge is -1.84. The molecule has 0 rings (SSSR count). The molecule has 0 saturated heterocycles. The zero-order chi connectivity index (χ0) is 4.99. The summed E-state index contributed by atoms with van der Waals surface area (Å²) < 4.78 is 4.28. The quantitative estimate of drug-likeness (QED) is 0.391. The van der Waals surface area contributed by atoms with E-state index < -0.39 is 0 Å². The molecule has 0 aliphatic heterocycles. The van der Waals surface area contributed by atoms with Crippen molar-refractivity contribution < 1.29 is 4.74 Å². The fourth-order valence-electron chi connectivity index (χ4n) is 0.0456. The van der Waals surface area contributed by atoms with E-state index in [1.165, 1.54) is 7.11 Å². The van der Waals surface area contributed by atoms with Crippen LogP contribution in [0.2, 0.25) is 0 Å². The van der Waals surface area contributed by atoms with E-state index in [4.69, 9.17) is 5.53 Å². The Morgan fingerprint density at radius 2 is 2.29 bits per heavy atom. The van der Waals surface area contributed by atoms with Crippen molar-refractivity contribution in [3.8, 4) is 0 Å². The van der Waals surface area contributed by atoms with Crippen LogP contribution in [0, 0.1) is 5.53 Å². The van der Waals surface area contributed by atoms with Gasteiger partial charge in [0.1, 0.15) is 0 Å². The molecular weight excluding hydrogens is 227 g/mol. The van der Waals surface area contributed by atoms with Gasteiger partial charge in [-0.25, -0.2) is 5.53 Å². The van der Waals surface area contributed by atoms with Gasteiger partial charge in [-0.2, -0.15) is 0 Å². The number of ether oxygens (including phenoxy) is 1. The molecule has 0 aromatic heterocycles. The maximum absolute atomic E-state index is 6.17. The maximum atomic E-state index is 6.17. The van der Waals surface area contributed by atoms with E-state index >= 15 is 0 Å². The highest BCUT2D eigenvalue weighted by atomic mass is 127. The third-order valence-electron chi connectivity index (χ3n) is 0.266. The number of hydrogen-bond acceptors (Lipinski definition) is 3. The Morgan fingerprint density at radius 1 is 1.86 bits per heavy atom. The molecule has 0 aliphatic carbocycles. The van der Waals surface area contributed by atoms with Crippen molar-refractivity contribution >= 4 is 41.4 Å². The minimum Gasteiger partial charge on any atom is -0.472 e. The average Bonchev–Trinajstić information content (AvgIpc) is 1.65. The second-order valence-corrected chi connectivity index (χ2v) is 0.931. The average molecular weight is 232 g/mol. The first-order chi connectivity index (χ1) is 2.81. The van der Waals surface area contributed by atoms with Gasteiger partial charge >= 0.3 is 5.17 Å². The van der Waals surface area contributed by atoms with Gasteiger partial charge in [0.15, 0.2) is 0 Å². The first-order valence-electron chi connectivity index (χ1n) is 1.26. The van der Waals surface area contributed by atoms with Crippen molar-refractivity contribution in [1.82, 2.24) is 0 Å². The van der Waals surface area contributed by atoms with E-state index in [0.29, 0.717) is 0 Å². The monoisotopic (exact) mass is 232 g/mol. The van der Waals surface area contributed by atoms with Crippen molar-refractivity contribution in [2.24, 2.45) is 5.11 Å². The van der Waals surface area contributed by atoms with Crippen LogP contribution in [0.25, 0.3) is 0 Å². The summed E-state index contributed by atoms with van der Waals surface area (Å²) in [5, 5.41) is 2.73. The van der Waals surface area contributed by atoms with Crippen LogP contribution in [0.4, 0.5) is 0 Å². The van der Waals surface area contributed by atoms with Gasteiger partial charge in [-0.05, 0) is 12.2 Å². The van der Waals surface area contributed by atoms with E-state index in [2.05, 4.69) is 22.1 Å². The molecule has 0 atom stereocenters. The summed E-state index contributed by atoms with van der Waals surface area (Å²) in [6.45, 7) is 0. The van der Waals surface area contributed by atoms with Crippen LogP contribution in [0.1, 0.15) is 0 Å². The van der Waals surface area contributed by atoms with E-state index in [-0.39, 0.29) is 29.2 Å². The Balaban J connectivity index is 0. The Morgan fingerprint density at radius 3 is 2.29 bits per heavy atom.